The summed E-state index contributed by atoms with van der Waals surface area (Å²) in [5.74, 6) is -1.43. The van der Waals surface area contributed by atoms with Crippen molar-refractivity contribution in [3.63, 3.8) is 0 Å². The highest BCUT2D eigenvalue weighted by atomic mass is 32.2. The van der Waals surface area contributed by atoms with E-state index in [9.17, 15) is 18.9 Å². The van der Waals surface area contributed by atoms with Crippen molar-refractivity contribution in [1.82, 2.24) is 0 Å². The number of benzene rings is 6. The van der Waals surface area contributed by atoms with Gasteiger partial charge in [-0.2, -0.15) is 0 Å². The second-order valence-corrected chi connectivity index (χ2v) is 12.0. The number of carbonyl (C=O) groups excluding carboxylic acids is 1. The van der Waals surface area contributed by atoms with Crippen LogP contribution in [-0.2, 0) is 22.6 Å². The minimum absolute atomic E-state index is 0.00483. The Hall–Kier alpha value is -6.07. The van der Waals surface area contributed by atoms with Crippen molar-refractivity contribution < 1.29 is 33.2 Å². The van der Waals surface area contributed by atoms with Crippen molar-refractivity contribution >= 4 is 40.0 Å². The molecule has 244 valence electrons. The van der Waals surface area contributed by atoms with E-state index in [1.165, 1.54) is 6.07 Å². The van der Waals surface area contributed by atoms with Crippen LogP contribution in [0.5, 0.6) is 5.75 Å². The molecule has 0 bridgehead atoms. The Balaban J connectivity index is 1.11. The van der Waals surface area contributed by atoms with E-state index in [4.69, 9.17) is 9.44 Å². The van der Waals surface area contributed by atoms with Crippen LogP contribution in [0.25, 0.3) is 22.3 Å². The zero-order valence-corrected chi connectivity index (χ0v) is 26.7. The molecule has 0 aliphatic heterocycles. The maximum Gasteiger partial charge on any atom is 0.336 e. The van der Waals surface area contributed by atoms with Crippen molar-refractivity contribution in [2.24, 2.45) is 0 Å². The molecule has 6 aromatic rings. The Morgan fingerprint density at radius 2 is 1.22 bits per heavy atom. The number of anilines is 3. The Morgan fingerprint density at radius 3 is 1.84 bits per heavy atom. The van der Waals surface area contributed by atoms with E-state index in [0.717, 1.165) is 33.6 Å². The zero-order valence-electron chi connectivity index (χ0n) is 25.9. The third-order valence-corrected chi connectivity index (χ3v) is 8.65. The standard InChI is InChI=1S/C39H30N2O7S/c42-38(36-23-28(13-22-35(36)39(43)44)26-7-3-1-4-8-26)41-32-16-20-34(21-17-32)49(46)48-33-18-14-31(15-19-33)40-37-24-29(11-12-30(37)25-47-45)27-9-5-2-6-10-27/h1-24,40,45H,25H2,(H,41,42)(H,43,44). The molecule has 0 aromatic heterocycles. The topological polar surface area (TPSA) is 134 Å². The number of amides is 1. The van der Waals surface area contributed by atoms with E-state index >= 15 is 0 Å². The molecule has 9 nitrogen and oxygen atoms in total. The molecule has 1 amide bonds. The van der Waals surface area contributed by atoms with E-state index in [0.29, 0.717) is 21.9 Å². The van der Waals surface area contributed by atoms with Gasteiger partial charge in [-0.3, -0.25) is 10.1 Å². The zero-order chi connectivity index (χ0) is 34.2. The highest BCUT2D eigenvalue weighted by Gasteiger charge is 2.18. The van der Waals surface area contributed by atoms with E-state index < -0.39 is 23.0 Å². The van der Waals surface area contributed by atoms with Crippen molar-refractivity contribution in [1.29, 1.82) is 0 Å². The third kappa shape index (κ3) is 8.09. The predicted molar refractivity (Wildman–Crippen MR) is 189 cm³/mol. The van der Waals surface area contributed by atoms with Crippen LogP contribution < -0.4 is 14.8 Å². The minimum atomic E-state index is -1.86. The fraction of sp³-hybridized carbons (Fsp3) is 0.0256. The Morgan fingerprint density at radius 1 is 0.633 bits per heavy atom. The predicted octanol–water partition coefficient (Wildman–Crippen LogP) is 8.81. The first-order valence-corrected chi connectivity index (χ1v) is 16.2. The SMILES string of the molecule is O=C(O)c1ccc(-c2ccccc2)cc1C(=O)Nc1ccc(S(=O)Oc2ccc(Nc3cc(-c4ccccc4)ccc3COO)cc2)cc1. The largest absolute Gasteiger partial charge is 0.478 e. The lowest BCUT2D eigenvalue weighted by Crippen LogP contribution is -2.16. The van der Waals surface area contributed by atoms with Gasteiger partial charge in [-0.25, -0.2) is 13.9 Å². The lowest BCUT2D eigenvalue weighted by molar-refractivity contribution is -0.252. The molecule has 10 heteroatoms. The van der Waals surface area contributed by atoms with Gasteiger partial charge in [-0.15, -0.1) is 0 Å². The summed E-state index contributed by atoms with van der Waals surface area (Å²) in [6.07, 6.45) is 0. The first kappa shape index (κ1) is 32.9. The van der Waals surface area contributed by atoms with Crippen LogP contribution in [0, 0.1) is 0 Å². The van der Waals surface area contributed by atoms with E-state index in [2.05, 4.69) is 15.5 Å². The molecule has 1 unspecified atom stereocenters. The van der Waals surface area contributed by atoms with Gasteiger partial charge < -0.3 is 19.9 Å². The first-order valence-electron chi connectivity index (χ1n) is 15.1. The molecule has 0 aliphatic carbocycles. The summed E-state index contributed by atoms with van der Waals surface area (Å²) in [7, 11) is 0. The molecule has 0 fully saturated rings. The van der Waals surface area contributed by atoms with Crippen LogP contribution in [0.15, 0.2) is 150 Å². The number of aromatic carboxylic acids is 1. The van der Waals surface area contributed by atoms with Gasteiger partial charge in [0.25, 0.3) is 5.91 Å². The second kappa shape index (κ2) is 15.2. The van der Waals surface area contributed by atoms with E-state index in [1.54, 1.807) is 60.7 Å². The Kier molecular flexibility index (Phi) is 10.2. The lowest BCUT2D eigenvalue weighted by Gasteiger charge is -2.14. The highest BCUT2D eigenvalue weighted by Crippen LogP contribution is 2.30. The summed E-state index contributed by atoms with van der Waals surface area (Å²) >= 11 is -1.86. The third-order valence-electron chi connectivity index (χ3n) is 7.65. The van der Waals surface area contributed by atoms with E-state index in [1.807, 2.05) is 78.9 Å². The maximum atomic E-state index is 13.2. The molecule has 1 atom stereocenters. The molecule has 4 N–H and O–H groups in total. The van der Waals surface area contributed by atoms with Gasteiger partial charge in [0, 0.05) is 22.6 Å². The number of hydrogen-bond acceptors (Lipinski definition) is 7. The van der Waals surface area contributed by atoms with Crippen LogP contribution in [0.1, 0.15) is 26.3 Å². The molecule has 0 spiro atoms. The fourth-order valence-electron chi connectivity index (χ4n) is 5.16. The van der Waals surface area contributed by atoms with E-state index in [-0.39, 0.29) is 17.7 Å². The van der Waals surface area contributed by atoms with Gasteiger partial charge in [0.15, 0.2) is 0 Å². The van der Waals surface area contributed by atoms with Gasteiger partial charge >= 0.3 is 5.97 Å². The summed E-state index contributed by atoms with van der Waals surface area (Å²) in [4.78, 5) is 29.8. The fourth-order valence-corrected chi connectivity index (χ4v) is 5.90. The van der Waals surface area contributed by atoms with Crippen LogP contribution in [-0.4, -0.2) is 26.4 Å². The molecule has 49 heavy (non-hydrogen) atoms. The molecule has 6 aromatic carbocycles. The van der Waals surface area contributed by atoms with Crippen LogP contribution >= 0.6 is 0 Å². The smallest absolute Gasteiger partial charge is 0.336 e. The van der Waals surface area contributed by atoms with Crippen molar-refractivity contribution in [2.45, 2.75) is 11.5 Å². The number of rotatable bonds is 12. The molecule has 0 aliphatic rings. The lowest BCUT2D eigenvalue weighted by atomic mass is 9.98. The monoisotopic (exact) mass is 670 g/mol. The molecule has 6 rings (SSSR count). The van der Waals surface area contributed by atoms with Crippen molar-refractivity contribution in [3.8, 4) is 28.0 Å². The molecule has 0 saturated carbocycles. The number of hydrogen-bond donors (Lipinski definition) is 4. The van der Waals surface area contributed by atoms with Crippen molar-refractivity contribution in [2.75, 3.05) is 10.6 Å². The highest BCUT2D eigenvalue weighted by molar-refractivity contribution is 7.80. The van der Waals surface area contributed by atoms with Crippen LogP contribution in [0.4, 0.5) is 17.1 Å². The quantitative estimate of drug-likeness (QED) is 0.0750. The van der Waals surface area contributed by atoms with Gasteiger partial charge in [-0.05, 0) is 89.0 Å². The normalized spacial score (nSPS) is 11.4. The van der Waals surface area contributed by atoms with Crippen LogP contribution in [0.3, 0.4) is 0 Å². The molecule has 0 heterocycles. The molecule has 0 saturated heterocycles. The van der Waals surface area contributed by atoms with Gasteiger partial charge in [0.1, 0.15) is 12.4 Å². The summed E-state index contributed by atoms with van der Waals surface area (Å²) in [5.41, 5.74) is 6.14. The minimum Gasteiger partial charge on any atom is -0.478 e. The maximum absolute atomic E-state index is 13.2. The summed E-state index contributed by atoms with van der Waals surface area (Å²) in [6, 6.07) is 42.9. The molecular formula is C39H30N2O7S. The van der Waals surface area contributed by atoms with Crippen LogP contribution in [0.2, 0.25) is 0 Å². The average Bonchev–Trinajstić information content (AvgIpc) is 3.14. The van der Waals surface area contributed by atoms with Gasteiger partial charge in [-0.1, -0.05) is 78.9 Å². The number of carboxylic acid groups (broad SMARTS) is 1. The molecule has 0 radical (unpaired) electrons. The summed E-state index contributed by atoms with van der Waals surface area (Å²) < 4.78 is 18.7. The van der Waals surface area contributed by atoms with Gasteiger partial charge in [0.05, 0.1) is 16.0 Å². The summed E-state index contributed by atoms with van der Waals surface area (Å²) in [6.45, 7) is 0.00483. The average molecular weight is 671 g/mol. The van der Waals surface area contributed by atoms with Gasteiger partial charge in [0.2, 0.25) is 11.1 Å². The number of nitrogens with one attached hydrogen (secondary N) is 2. The summed E-state index contributed by atoms with van der Waals surface area (Å²) in [5, 5.41) is 24.8. The Bertz CT molecular complexity index is 2110. The Labute approximate surface area is 285 Å². The second-order valence-electron chi connectivity index (χ2n) is 10.9. The van der Waals surface area contributed by atoms with Crippen molar-refractivity contribution in [3.05, 3.63) is 162 Å². The number of carbonyl (C=O) groups is 2. The molecular weight excluding hydrogens is 641 g/mol. The number of carboxylic acids is 1. The first-order chi connectivity index (χ1) is 23.9.